The van der Waals surface area contributed by atoms with Crippen molar-refractivity contribution in [3.8, 4) is 0 Å². The Labute approximate surface area is 138 Å². The van der Waals surface area contributed by atoms with E-state index in [2.05, 4.69) is 4.72 Å². The van der Waals surface area contributed by atoms with Crippen LogP contribution in [-0.4, -0.2) is 22.1 Å². The Morgan fingerprint density at radius 2 is 1.74 bits per heavy atom. The number of ether oxygens (including phenoxy) is 1. The molecule has 1 atom stereocenters. The normalized spacial score (nSPS) is 13.0. The van der Waals surface area contributed by atoms with Gasteiger partial charge in [0, 0.05) is 13.7 Å². The topological polar surface area (TPSA) is 55.4 Å². The van der Waals surface area contributed by atoms with Crippen LogP contribution in [0.4, 0.5) is 0 Å². The third kappa shape index (κ3) is 4.19. The monoisotopic (exact) mass is 333 g/mol. The van der Waals surface area contributed by atoms with Gasteiger partial charge >= 0.3 is 0 Å². The molecule has 0 heterocycles. The zero-order valence-electron chi connectivity index (χ0n) is 14.0. The summed E-state index contributed by atoms with van der Waals surface area (Å²) in [7, 11) is -1.98. The molecular formula is C18H23NO3S. The minimum Gasteiger partial charge on any atom is -0.375 e. The van der Waals surface area contributed by atoms with E-state index in [1.165, 1.54) is 0 Å². The average molecular weight is 333 g/mol. The van der Waals surface area contributed by atoms with Crippen LogP contribution in [0.1, 0.15) is 28.4 Å². The molecular weight excluding hydrogens is 310 g/mol. The van der Waals surface area contributed by atoms with Gasteiger partial charge in [-0.2, -0.15) is 0 Å². The Morgan fingerprint density at radius 1 is 1.04 bits per heavy atom. The van der Waals surface area contributed by atoms with E-state index in [9.17, 15) is 8.42 Å². The molecule has 5 heteroatoms. The van der Waals surface area contributed by atoms with Crippen molar-refractivity contribution in [3.63, 3.8) is 0 Å². The maximum atomic E-state index is 12.6. The number of nitrogens with one attached hydrogen (secondary N) is 1. The number of hydrogen-bond acceptors (Lipinski definition) is 3. The Balaban J connectivity index is 2.21. The van der Waals surface area contributed by atoms with Crippen molar-refractivity contribution in [2.45, 2.75) is 31.8 Å². The molecule has 0 bridgehead atoms. The molecule has 0 saturated heterocycles. The number of methoxy groups -OCH3 is 1. The van der Waals surface area contributed by atoms with Crippen LogP contribution in [0.25, 0.3) is 0 Å². The highest BCUT2D eigenvalue weighted by Gasteiger charge is 2.20. The number of rotatable bonds is 6. The molecule has 0 aliphatic rings. The molecule has 124 valence electrons. The van der Waals surface area contributed by atoms with Crippen LogP contribution in [0.2, 0.25) is 0 Å². The van der Waals surface area contributed by atoms with Crippen LogP contribution >= 0.6 is 0 Å². The van der Waals surface area contributed by atoms with Gasteiger partial charge in [-0.1, -0.05) is 36.4 Å². The van der Waals surface area contributed by atoms with Crippen molar-refractivity contribution >= 4 is 10.0 Å². The fourth-order valence-corrected chi connectivity index (χ4v) is 3.89. The molecule has 2 rings (SSSR count). The van der Waals surface area contributed by atoms with Gasteiger partial charge in [-0.15, -0.1) is 0 Å². The highest BCUT2D eigenvalue weighted by Crippen LogP contribution is 2.21. The van der Waals surface area contributed by atoms with E-state index in [0.717, 1.165) is 22.3 Å². The molecule has 0 spiro atoms. The van der Waals surface area contributed by atoms with Crippen LogP contribution in [0, 0.1) is 20.8 Å². The predicted octanol–water partition coefficient (Wildman–Crippen LogP) is 3.28. The quantitative estimate of drug-likeness (QED) is 0.882. The van der Waals surface area contributed by atoms with Gasteiger partial charge < -0.3 is 4.74 Å². The minimum absolute atomic E-state index is 0.192. The second-order valence-corrected chi connectivity index (χ2v) is 7.44. The van der Waals surface area contributed by atoms with Gasteiger partial charge in [-0.3, -0.25) is 0 Å². The number of benzene rings is 2. The molecule has 0 aliphatic carbocycles. The summed E-state index contributed by atoms with van der Waals surface area (Å²) in [4.78, 5) is 0.317. The zero-order chi connectivity index (χ0) is 17.0. The second kappa shape index (κ2) is 7.25. The lowest BCUT2D eigenvalue weighted by molar-refractivity contribution is 0.107. The molecule has 2 aromatic rings. The van der Waals surface area contributed by atoms with Crippen molar-refractivity contribution < 1.29 is 13.2 Å². The molecule has 0 saturated carbocycles. The maximum Gasteiger partial charge on any atom is 0.240 e. The Kier molecular flexibility index (Phi) is 5.57. The van der Waals surface area contributed by atoms with Crippen molar-refractivity contribution in [2.24, 2.45) is 0 Å². The Bertz CT molecular complexity index is 785. The lowest BCUT2D eigenvalue weighted by Gasteiger charge is -2.19. The number of sulfonamides is 1. The van der Waals surface area contributed by atoms with Crippen molar-refractivity contribution in [1.82, 2.24) is 4.72 Å². The molecule has 0 radical (unpaired) electrons. The molecule has 1 N–H and O–H groups in total. The second-order valence-electron chi connectivity index (χ2n) is 5.70. The highest BCUT2D eigenvalue weighted by molar-refractivity contribution is 7.89. The smallest absolute Gasteiger partial charge is 0.240 e. The van der Waals surface area contributed by atoms with Gasteiger partial charge in [0.25, 0.3) is 0 Å². The number of hydrogen-bond donors (Lipinski definition) is 1. The minimum atomic E-state index is -3.57. The van der Waals surface area contributed by atoms with Gasteiger partial charge in [-0.05, 0) is 49.1 Å². The predicted molar refractivity (Wildman–Crippen MR) is 92.0 cm³/mol. The third-order valence-corrected chi connectivity index (χ3v) is 5.48. The first-order chi connectivity index (χ1) is 10.8. The van der Waals surface area contributed by atoms with Gasteiger partial charge in [0.05, 0.1) is 11.0 Å². The SMILES string of the molecule is COC(CNS(=O)(=O)c1cc(C)ccc1C)c1ccccc1C. The van der Waals surface area contributed by atoms with Crippen LogP contribution in [-0.2, 0) is 14.8 Å². The van der Waals surface area contributed by atoms with E-state index in [1.54, 1.807) is 20.1 Å². The summed E-state index contributed by atoms with van der Waals surface area (Å²) in [5, 5.41) is 0. The molecule has 4 nitrogen and oxygen atoms in total. The van der Waals surface area contributed by atoms with Gasteiger partial charge in [0.1, 0.15) is 0 Å². The Morgan fingerprint density at radius 3 is 2.39 bits per heavy atom. The van der Waals surface area contributed by atoms with Gasteiger partial charge in [0.15, 0.2) is 0 Å². The molecule has 1 unspecified atom stereocenters. The van der Waals surface area contributed by atoms with E-state index >= 15 is 0 Å². The van der Waals surface area contributed by atoms with Crippen LogP contribution < -0.4 is 4.72 Å². The van der Waals surface area contributed by atoms with E-state index in [4.69, 9.17) is 4.74 Å². The van der Waals surface area contributed by atoms with E-state index in [1.807, 2.05) is 50.2 Å². The molecule has 2 aromatic carbocycles. The fourth-order valence-electron chi connectivity index (χ4n) is 2.53. The van der Waals surface area contributed by atoms with Gasteiger partial charge in [0.2, 0.25) is 10.0 Å². The first kappa shape index (κ1) is 17.7. The number of aryl methyl sites for hydroxylation is 3. The van der Waals surface area contributed by atoms with Gasteiger partial charge in [-0.25, -0.2) is 13.1 Å². The van der Waals surface area contributed by atoms with Crippen LogP contribution in [0.5, 0.6) is 0 Å². The molecule has 23 heavy (non-hydrogen) atoms. The summed E-state index contributed by atoms with van der Waals surface area (Å²) in [6.07, 6.45) is -0.323. The molecule has 0 aliphatic heterocycles. The first-order valence-electron chi connectivity index (χ1n) is 7.50. The largest absolute Gasteiger partial charge is 0.375 e. The summed E-state index contributed by atoms with van der Waals surface area (Å²) in [5.74, 6) is 0. The summed E-state index contributed by atoms with van der Waals surface area (Å²) < 4.78 is 33.3. The van der Waals surface area contributed by atoms with Crippen molar-refractivity contribution in [1.29, 1.82) is 0 Å². The van der Waals surface area contributed by atoms with E-state index in [-0.39, 0.29) is 12.6 Å². The summed E-state index contributed by atoms with van der Waals surface area (Å²) in [6, 6.07) is 13.2. The third-order valence-electron chi connectivity index (χ3n) is 3.91. The van der Waals surface area contributed by atoms with Crippen LogP contribution in [0.3, 0.4) is 0 Å². The Hall–Kier alpha value is -1.69. The standard InChI is InChI=1S/C18H23NO3S/c1-13-9-10-15(3)18(11-13)23(20,21)19-12-17(22-4)16-8-6-5-7-14(16)2/h5-11,17,19H,12H2,1-4H3. The van der Waals surface area contributed by atoms with E-state index < -0.39 is 10.0 Å². The summed E-state index contributed by atoms with van der Waals surface area (Å²) >= 11 is 0. The lowest BCUT2D eigenvalue weighted by Crippen LogP contribution is -2.30. The first-order valence-corrected chi connectivity index (χ1v) is 8.98. The van der Waals surface area contributed by atoms with Crippen LogP contribution in [0.15, 0.2) is 47.4 Å². The summed E-state index contributed by atoms with van der Waals surface area (Å²) in [5.41, 5.74) is 3.70. The average Bonchev–Trinajstić information content (AvgIpc) is 2.51. The molecule has 0 aromatic heterocycles. The van der Waals surface area contributed by atoms with Crippen molar-refractivity contribution in [3.05, 3.63) is 64.7 Å². The van der Waals surface area contributed by atoms with E-state index in [0.29, 0.717) is 4.90 Å². The summed E-state index contributed by atoms with van der Waals surface area (Å²) in [6.45, 7) is 5.85. The van der Waals surface area contributed by atoms with Crippen molar-refractivity contribution in [2.75, 3.05) is 13.7 Å². The zero-order valence-corrected chi connectivity index (χ0v) is 14.8. The fraction of sp³-hybridized carbons (Fsp3) is 0.333. The lowest BCUT2D eigenvalue weighted by atomic mass is 10.0. The molecule has 0 fully saturated rings. The molecule has 0 amide bonds. The highest BCUT2D eigenvalue weighted by atomic mass is 32.2. The maximum absolute atomic E-state index is 12.6.